The molecule has 0 atom stereocenters. The number of ether oxygens (including phenoxy) is 1. The number of nitrogens with zero attached hydrogens (tertiary/aromatic N) is 3. The number of amides is 1. The highest BCUT2D eigenvalue weighted by Gasteiger charge is 2.28. The quantitative estimate of drug-likeness (QED) is 0.230. The van der Waals surface area contributed by atoms with Crippen molar-refractivity contribution in [1.82, 2.24) is 14.9 Å². The maximum absolute atomic E-state index is 14.2. The van der Waals surface area contributed by atoms with Gasteiger partial charge >= 0.3 is 5.97 Å². The fourth-order valence-corrected chi connectivity index (χ4v) is 7.39. The number of thiazole rings is 1. The monoisotopic (exact) mass is 595 g/mol. The number of carbonyl (C=O) groups excluding carboxylic acids is 1. The average Bonchev–Trinajstić information content (AvgIpc) is 3.37. The minimum Gasteiger partial charge on any atom is -0.478 e. The Labute approximate surface area is 256 Å². The number of morpholine rings is 1. The Balaban J connectivity index is 1.53. The number of hydrogen-bond acceptors (Lipinski definition) is 6. The molecule has 1 aliphatic carbocycles. The molecule has 2 aromatic heterocycles. The van der Waals surface area contributed by atoms with E-state index in [1.807, 2.05) is 31.7 Å². The van der Waals surface area contributed by atoms with Crippen molar-refractivity contribution in [3.8, 4) is 21.7 Å². The number of aliphatic carboxylic acids is 1. The molecule has 6 rings (SSSR count). The molecule has 0 radical (unpaired) electrons. The van der Waals surface area contributed by atoms with Gasteiger partial charge in [0, 0.05) is 30.1 Å². The van der Waals surface area contributed by atoms with E-state index in [4.69, 9.17) is 9.72 Å². The lowest BCUT2D eigenvalue weighted by Gasteiger charge is -2.30. The van der Waals surface area contributed by atoms with E-state index >= 15 is 0 Å². The van der Waals surface area contributed by atoms with E-state index in [1.165, 1.54) is 12.5 Å². The number of rotatable bonds is 6. The van der Waals surface area contributed by atoms with Gasteiger partial charge in [-0.2, -0.15) is 0 Å². The van der Waals surface area contributed by atoms with Gasteiger partial charge in [-0.1, -0.05) is 37.5 Å². The zero-order valence-corrected chi connectivity index (χ0v) is 25.8. The van der Waals surface area contributed by atoms with Crippen LogP contribution in [0.5, 0.6) is 0 Å². The van der Waals surface area contributed by atoms with Gasteiger partial charge in [0.15, 0.2) is 0 Å². The number of aryl methyl sites for hydroxylation is 2. The van der Waals surface area contributed by atoms with Crippen LogP contribution in [0.3, 0.4) is 0 Å². The molecule has 3 heterocycles. The number of benzene rings is 2. The first kappa shape index (κ1) is 29.2. The van der Waals surface area contributed by atoms with Crippen LogP contribution in [-0.4, -0.2) is 58.2 Å². The highest BCUT2D eigenvalue weighted by molar-refractivity contribution is 7.15. The van der Waals surface area contributed by atoms with Crippen molar-refractivity contribution in [2.45, 2.75) is 58.8 Å². The minimum absolute atomic E-state index is 0.0371. The average molecular weight is 596 g/mol. The Hall–Kier alpha value is -3.88. The summed E-state index contributed by atoms with van der Waals surface area (Å²) in [7, 11) is 0. The van der Waals surface area contributed by atoms with Gasteiger partial charge < -0.3 is 14.7 Å². The van der Waals surface area contributed by atoms with Crippen molar-refractivity contribution in [1.29, 1.82) is 0 Å². The third-order valence-corrected chi connectivity index (χ3v) is 9.75. The predicted molar refractivity (Wildman–Crippen MR) is 172 cm³/mol. The van der Waals surface area contributed by atoms with Crippen molar-refractivity contribution < 1.29 is 19.4 Å². The molecule has 1 saturated heterocycles. The van der Waals surface area contributed by atoms with Crippen LogP contribution in [0, 0.1) is 13.8 Å². The van der Waals surface area contributed by atoms with Gasteiger partial charge in [0.1, 0.15) is 0 Å². The fourth-order valence-electron chi connectivity index (χ4n) is 6.50. The lowest BCUT2D eigenvalue weighted by molar-refractivity contribution is -0.131. The molecule has 0 unspecified atom stereocenters. The molecule has 7 nitrogen and oxygen atoms in total. The molecule has 222 valence electrons. The molecule has 8 heteroatoms. The summed E-state index contributed by atoms with van der Waals surface area (Å²) in [5, 5.41) is 11.5. The van der Waals surface area contributed by atoms with Gasteiger partial charge in [-0.25, -0.2) is 14.8 Å². The normalized spacial score (nSPS) is 16.5. The fraction of sp³-hybridized carbons (Fsp3) is 0.371. The SMILES string of the molecule is C/C(=C\C(=O)O)c1cc(C(=O)N2CCOCC2)c(-c2ccc3nc(-c4sc(C)nc4C)ccc3c2)c(C2CCCCC2)c1. The molecular weight excluding hydrogens is 558 g/mol. The largest absolute Gasteiger partial charge is 0.478 e. The Morgan fingerprint density at radius 1 is 1.00 bits per heavy atom. The third kappa shape index (κ3) is 6.12. The summed E-state index contributed by atoms with van der Waals surface area (Å²) in [6.45, 7) is 7.93. The molecule has 0 bridgehead atoms. The second-order valence-corrected chi connectivity index (χ2v) is 12.8. The molecule has 43 heavy (non-hydrogen) atoms. The number of pyridine rings is 1. The summed E-state index contributed by atoms with van der Waals surface area (Å²) in [6.07, 6.45) is 6.84. The number of carbonyl (C=O) groups is 2. The summed E-state index contributed by atoms with van der Waals surface area (Å²) < 4.78 is 5.55. The standard InChI is InChI=1S/C35H37N3O4S/c1-21(17-32(39)40)27-19-28(24-7-5-4-6-8-24)33(29(20-27)35(41)38-13-15-42-16-14-38)26-10-11-30-25(18-26)9-12-31(37-30)34-22(2)36-23(3)43-34/h9-12,17-20,24H,4-8,13-16H2,1-3H3,(H,39,40)/b21-17+. The number of allylic oxidation sites excluding steroid dienone is 1. The molecule has 2 fully saturated rings. The van der Waals surface area contributed by atoms with Crippen LogP contribution >= 0.6 is 11.3 Å². The maximum Gasteiger partial charge on any atom is 0.328 e. The molecule has 1 amide bonds. The highest BCUT2D eigenvalue weighted by Crippen LogP contribution is 2.42. The van der Waals surface area contributed by atoms with Crippen LogP contribution in [0.4, 0.5) is 0 Å². The Morgan fingerprint density at radius 2 is 1.77 bits per heavy atom. The first-order chi connectivity index (χ1) is 20.8. The van der Waals surface area contributed by atoms with Gasteiger partial charge in [-0.05, 0) is 91.6 Å². The van der Waals surface area contributed by atoms with Crippen molar-refractivity contribution >= 4 is 39.7 Å². The predicted octanol–water partition coefficient (Wildman–Crippen LogP) is 7.65. The zero-order chi connectivity index (χ0) is 30.1. The van der Waals surface area contributed by atoms with Crippen molar-refractivity contribution in [3.05, 3.63) is 75.9 Å². The topological polar surface area (TPSA) is 92.6 Å². The lowest BCUT2D eigenvalue weighted by atomic mass is 9.78. The van der Waals surface area contributed by atoms with Gasteiger partial charge in [-0.15, -0.1) is 11.3 Å². The molecule has 2 aliphatic rings. The third-order valence-electron chi connectivity index (χ3n) is 8.65. The van der Waals surface area contributed by atoms with Crippen LogP contribution < -0.4 is 0 Å². The number of carboxylic acid groups (broad SMARTS) is 1. The molecule has 0 spiro atoms. The van der Waals surface area contributed by atoms with Crippen molar-refractivity contribution in [3.63, 3.8) is 0 Å². The molecule has 4 aromatic rings. The minimum atomic E-state index is -0.994. The summed E-state index contributed by atoms with van der Waals surface area (Å²) in [5.74, 6) is -0.733. The van der Waals surface area contributed by atoms with E-state index in [0.29, 0.717) is 43.4 Å². The lowest BCUT2D eigenvalue weighted by Crippen LogP contribution is -2.41. The smallest absolute Gasteiger partial charge is 0.328 e. The molecular formula is C35H37N3O4S. The van der Waals surface area contributed by atoms with Crippen LogP contribution in [0.1, 0.15) is 77.1 Å². The number of fused-ring (bicyclic) bond motifs is 1. The number of aromatic nitrogens is 2. The van der Waals surface area contributed by atoms with E-state index in [0.717, 1.165) is 80.1 Å². The highest BCUT2D eigenvalue weighted by atomic mass is 32.1. The van der Waals surface area contributed by atoms with Crippen LogP contribution in [0.15, 0.2) is 48.5 Å². The second-order valence-electron chi connectivity index (χ2n) is 11.6. The summed E-state index contributed by atoms with van der Waals surface area (Å²) >= 11 is 1.65. The Bertz CT molecular complexity index is 1730. The van der Waals surface area contributed by atoms with Gasteiger partial charge in [0.2, 0.25) is 0 Å². The van der Waals surface area contributed by atoms with Gasteiger partial charge in [0.05, 0.1) is 40.0 Å². The van der Waals surface area contributed by atoms with Gasteiger partial charge in [-0.3, -0.25) is 4.79 Å². The molecule has 1 saturated carbocycles. The summed E-state index contributed by atoms with van der Waals surface area (Å²) in [4.78, 5) is 38.4. The summed E-state index contributed by atoms with van der Waals surface area (Å²) in [5.41, 5.74) is 7.90. The van der Waals surface area contributed by atoms with Crippen LogP contribution in [0.25, 0.3) is 38.2 Å². The van der Waals surface area contributed by atoms with Crippen molar-refractivity contribution in [2.24, 2.45) is 0 Å². The van der Waals surface area contributed by atoms with E-state index in [1.54, 1.807) is 11.3 Å². The summed E-state index contributed by atoms with van der Waals surface area (Å²) in [6, 6.07) is 14.5. The van der Waals surface area contributed by atoms with Gasteiger partial charge in [0.25, 0.3) is 5.91 Å². The van der Waals surface area contributed by atoms with E-state index < -0.39 is 5.97 Å². The van der Waals surface area contributed by atoms with E-state index in [9.17, 15) is 14.7 Å². The first-order valence-electron chi connectivity index (χ1n) is 15.1. The van der Waals surface area contributed by atoms with Crippen molar-refractivity contribution in [2.75, 3.05) is 26.3 Å². The second kappa shape index (κ2) is 12.4. The Morgan fingerprint density at radius 3 is 2.47 bits per heavy atom. The number of hydrogen-bond donors (Lipinski definition) is 1. The molecule has 1 aliphatic heterocycles. The van der Waals surface area contributed by atoms with Crippen LogP contribution in [-0.2, 0) is 9.53 Å². The maximum atomic E-state index is 14.2. The molecule has 1 N–H and O–H groups in total. The first-order valence-corrected chi connectivity index (χ1v) is 15.9. The molecule has 2 aromatic carbocycles. The number of carboxylic acids is 1. The Kier molecular flexibility index (Phi) is 8.41. The van der Waals surface area contributed by atoms with Crippen LogP contribution in [0.2, 0.25) is 0 Å². The zero-order valence-electron chi connectivity index (χ0n) is 25.0. The van der Waals surface area contributed by atoms with E-state index in [-0.39, 0.29) is 5.91 Å². The van der Waals surface area contributed by atoms with E-state index in [2.05, 4.69) is 41.4 Å².